The van der Waals surface area contributed by atoms with Crippen LogP contribution in [0.15, 0.2) is 54.6 Å². The summed E-state index contributed by atoms with van der Waals surface area (Å²) < 4.78 is 5.23. The summed E-state index contributed by atoms with van der Waals surface area (Å²) in [5.41, 5.74) is 1.41. The maximum atomic E-state index is 13.0. The number of ether oxygens (including phenoxy) is 1. The van der Waals surface area contributed by atoms with Crippen LogP contribution in [0.4, 0.5) is 0 Å². The molecule has 0 unspecified atom stereocenters. The summed E-state index contributed by atoms with van der Waals surface area (Å²) in [5, 5.41) is 2.97. The molecule has 1 aliphatic rings. The fraction of sp³-hybridized carbons (Fsp3) is 0.400. The first-order chi connectivity index (χ1) is 15.0. The molecule has 0 spiro atoms. The van der Waals surface area contributed by atoms with E-state index in [-0.39, 0.29) is 35.6 Å². The van der Waals surface area contributed by atoms with Gasteiger partial charge in [-0.2, -0.15) is 0 Å². The second-order valence-electron chi connectivity index (χ2n) is 8.20. The van der Waals surface area contributed by atoms with Gasteiger partial charge in [0.1, 0.15) is 0 Å². The molecular weight excluding hydrogens is 392 g/mol. The molecule has 6 nitrogen and oxygen atoms in total. The minimum Gasteiger partial charge on any atom is -0.452 e. The Hall–Kier alpha value is -3.15. The molecule has 164 valence electrons. The van der Waals surface area contributed by atoms with Crippen molar-refractivity contribution in [3.63, 3.8) is 0 Å². The number of esters is 1. The normalized spacial score (nSPS) is 18.1. The fourth-order valence-corrected chi connectivity index (χ4v) is 3.97. The number of hydrogen-bond donors (Lipinski definition) is 1. The Morgan fingerprint density at radius 1 is 0.968 bits per heavy atom. The van der Waals surface area contributed by atoms with Gasteiger partial charge in [0.2, 0.25) is 0 Å². The zero-order valence-corrected chi connectivity index (χ0v) is 18.2. The van der Waals surface area contributed by atoms with Crippen molar-refractivity contribution < 1.29 is 19.1 Å². The summed E-state index contributed by atoms with van der Waals surface area (Å²) in [7, 11) is 1.69. The molecule has 2 aromatic carbocycles. The molecule has 0 heterocycles. The lowest BCUT2D eigenvalue weighted by Gasteiger charge is -2.29. The van der Waals surface area contributed by atoms with Crippen LogP contribution >= 0.6 is 0 Å². The molecule has 31 heavy (non-hydrogen) atoms. The van der Waals surface area contributed by atoms with Crippen LogP contribution in [0.25, 0.3) is 0 Å². The second-order valence-corrected chi connectivity index (χ2v) is 8.20. The molecule has 1 aliphatic carbocycles. The molecule has 1 N–H and O–H groups in total. The molecule has 0 radical (unpaired) electrons. The highest BCUT2D eigenvalue weighted by atomic mass is 16.5. The number of benzene rings is 2. The number of nitrogens with zero attached hydrogens (tertiary/aromatic N) is 1. The van der Waals surface area contributed by atoms with E-state index in [1.54, 1.807) is 36.2 Å². The smallest absolute Gasteiger partial charge is 0.339 e. The largest absolute Gasteiger partial charge is 0.452 e. The van der Waals surface area contributed by atoms with Gasteiger partial charge in [-0.1, -0.05) is 62.2 Å². The van der Waals surface area contributed by atoms with Crippen molar-refractivity contribution in [3.05, 3.63) is 71.3 Å². The zero-order chi connectivity index (χ0) is 22.2. The fourth-order valence-electron chi connectivity index (χ4n) is 3.97. The minimum absolute atomic E-state index is 0.125. The van der Waals surface area contributed by atoms with Gasteiger partial charge in [-0.05, 0) is 36.5 Å². The Labute approximate surface area is 183 Å². The lowest BCUT2D eigenvalue weighted by atomic mass is 9.86. The average molecular weight is 423 g/mol. The quantitative estimate of drug-likeness (QED) is 0.689. The molecular formula is C25H30N2O4. The van der Waals surface area contributed by atoms with Crippen molar-refractivity contribution in [2.75, 3.05) is 13.7 Å². The lowest BCUT2D eigenvalue weighted by molar-refractivity contribution is -0.125. The predicted molar refractivity (Wildman–Crippen MR) is 119 cm³/mol. The third kappa shape index (κ3) is 6.17. The molecule has 0 saturated heterocycles. The molecule has 2 atom stereocenters. The van der Waals surface area contributed by atoms with Crippen LogP contribution in [0, 0.1) is 5.92 Å². The second kappa shape index (κ2) is 10.8. The Morgan fingerprint density at radius 3 is 2.32 bits per heavy atom. The van der Waals surface area contributed by atoms with Gasteiger partial charge in [-0.25, -0.2) is 4.79 Å². The summed E-state index contributed by atoms with van der Waals surface area (Å²) >= 11 is 0. The van der Waals surface area contributed by atoms with E-state index in [0.29, 0.717) is 12.5 Å². The van der Waals surface area contributed by atoms with Crippen LogP contribution in [0.1, 0.15) is 58.9 Å². The first-order valence-electron chi connectivity index (χ1n) is 10.8. The van der Waals surface area contributed by atoms with Crippen molar-refractivity contribution in [3.8, 4) is 0 Å². The number of rotatable bonds is 7. The van der Waals surface area contributed by atoms with Gasteiger partial charge >= 0.3 is 5.97 Å². The first-order valence-corrected chi connectivity index (χ1v) is 10.8. The Kier molecular flexibility index (Phi) is 7.82. The van der Waals surface area contributed by atoms with Gasteiger partial charge in [-0.3, -0.25) is 9.59 Å². The molecule has 6 heteroatoms. The van der Waals surface area contributed by atoms with Gasteiger partial charge in [0.05, 0.1) is 11.1 Å². The molecule has 0 bridgehead atoms. The van der Waals surface area contributed by atoms with Crippen molar-refractivity contribution >= 4 is 17.8 Å². The molecule has 1 saturated carbocycles. The monoisotopic (exact) mass is 422 g/mol. The average Bonchev–Trinajstić information content (AvgIpc) is 2.79. The third-order valence-electron chi connectivity index (χ3n) is 5.78. The van der Waals surface area contributed by atoms with E-state index < -0.39 is 5.97 Å². The Bertz CT molecular complexity index is 913. The highest BCUT2D eigenvalue weighted by Crippen LogP contribution is 2.23. The summed E-state index contributed by atoms with van der Waals surface area (Å²) in [4.78, 5) is 39.4. The summed E-state index contributed by atoms with van der Waals surface area (Å²) in [6, 6.07) is 16.3. The number of carbonyl (C=O) groups is 3. The number of hydrogen-bond acceptors (Lipinski definition) is 4. The van der Waals surface area contributed by atoms with E-state index in [2.05, 4.69) is 12.2 Å². The molecule has 0 aliphatic heterocycles. The molecule has 2 amide bonds. The topological polar surface area (TPSA) is 75.7 Å². The van der Waals surface area contributed by atoms with Crippen LogP contribution in [-0.4, -0.2) is 42.4 Å². The lowest BCUT2D eigenvalue weighted by Crippen LogP contribution is -2.43. The van der Waals surface area contributed by atoms with Gasteiger partial charge < -0.3 is 15.0 Å². The van der Waals surface area contributed by atoms with E-state index in [4.69, 9.17) is 4.74 Å². The van der Waals surface area contributed by atoms with Crippen LogP contribution in [-0.2, 0) is 16.1 Å². The summed E-state index contributed by atoms with van der Waals surface area (Å²) in [6.07, 6.45) is 4.33. The highest BCUT2D eigenvalue weighted by Gasteiger charge is 2.24. The van der Waals surface area contributed by atoms with E-state index in [0.717, 1.165) is 24.8 Å². The van der Waals surface area contributed by atoms with Gasteiger partial charge in [0.25, 0.3) is 11.8 Å². The Morgan fingerprint density at radius 2 is 1.61 bits per heavy atom. The van der Waals surface area contributed by atoms with Gasteiger partial charge in [-0.15, -0.1) is 0 Å². The van der Waals surface area contributed by atoms with Gasteiger partial charge in [0, 0.05) is 19.6 Å². The summed E-state index contributed by atoms with van der Waals surface area (Å²) in [6.45, 7) is 2.19. The van der Waals surface area contributed by atoms with Crippen molar-refractivity contribution in [1.82, 2.24) is 10.2 Å². The van der Waals surface area contributed by atoms with Crippen LogP contribution in [0.2, 0.25) is 0 Å². The predicted octanol–water partition coefficient (Wildman–Crippen LogP) is 3.81. The van der Waals surface area contributed by atoms with Gasteiger partial charge in [0.15, 0.2) is 6.61 Å². The number of amides is 2. The van der Waals surface area contributed by atoms with E-state index in [1.807, 2.05) is 30.3 Å². The maximum absolute atomic E-state index is 13.0. The molecule has 0 aromatic heterocycles. The van der Waals surface area contributed by atoms with E-state index in [1.165, 1.54) is 6.42 Å². The van der Waals surface area contributed by atoms with Crippen LogP contribution in [0.5, 0.6) is 0 Å². The first kappa shape index (κ1) is 22.5. The summed E-state index contributed by atoms with van der Waals surface area (Å²) in [5.74, 6) is -0.843. The maximum Gasteiger partial charge on any atom is 0.339 e. The van der Waals surface area contributed by atoms with Crippen LogP contribution in [0.3, 0.4) is 0 Å². The number of carbonyl (C=O) groups excluding carboxylic acids is 3. The Balaban J connectivity index is 1.60. The standard InChI is InChI=1S/C25H30N2O4/c1-18-10-6-9-15-22(18)26-23(28)17-31-25(30)21-14-8-7-13-20(21)24(29)27(2)16-19-11-4-3-5-12-19/h3-5,7-8,11-14,18,22H,6,9-10,15-17H2,1-2H3,(H,26,28)/t18-,22+/m1/s1. The van der Waals surface area contributed by atoms with Crippen molar-refractivity contribution in [2.45, 2.75) is 45.2 Å². The highest BCUT2D eigenvalue weighted by molar-refractivity contribution is 6.05. The third-order valence-corrected chi connectivity index (χ3v) is 5.78. The van der Waals surface area contributed by atoms with Crippen LogP contribution < -0.4 is 5.32 Å². The molecule has 1 fully saturated rings. The SMILES string of the molecule is C[C@@H]1CCCC[C@@H]1NC(=O)COC(=O)c1ccccc1C(=O)N(C)Cc1ccccc1. The van der Waals surface area contributed by atoms with Crippen molar-refractivity contribution in [1.29, 1.82) is 0 Å². The minimum atomic E-state index is -0.677. The molecule has 2 aromatic rings. The molecule has 3 rings (SSSR count). The van der Waals surface area contributed by atoms with E-state index >= 15 is 0 Å². The van der Waals surface area contributed by atoms with Crippen molar-refractivity contribution in [2.24, 2.45) is 5.92 Å². The van der Waals surface area contributed by atoms with E-state index in [9.17, 15) is 14.4 Å². The number of nitrogens with one attached hydrogen (secondary N) is 1. The zero-order valence-electron chi connectivity index (χ0n) is 18.2.